The maximum absolute atomic E-state index is 13.4. The molecule has 128 valence electrons. The molecule has 1 saturated heterocycles. The van der Waals surface area contributed by atoms with E-state index < -0.39 is 6.09 Å². The molecule has 23 heavy (non-hydrogen) atoms. The average Bonchev–Trinajstić information content (AvgIpc) is 2.91. The quantitative estimate of drug-likeness (QED) is 0.674. The minimum atomic E-state index is -0.906. The third-order valence-corrected chi connectivity index (χ3v) is 4.51. The van der Waals surface area contributed by atoms with Gasteiger partial charge in [0.2, 0.25) is 0 Å². The van der Waals surface area contributed by atoms with E-state index in [-0.39, 0.29) is 17.8 Å². The zero-order valence-electron chi connectivity index (χ0n) is 13.8. The van der Waals surface area contributed by atoms with Crippen molar-refractivity contribution in [2.24, 2.45) is 5.92 Å². The van der Waals surface area contributed by atoms with Crippen molar-refractivity contribution in [2.45, 2.75) is 25.8 Å². The number of hydrogen-bond donors (Lipinski definition) is 3. The summed E-state index contributed by atoms with van der Waals surface area (Å²) in [6.07, 6.45) is 0.954. The molecule has 0 unspecified atom stereocenters. The molecule has 1 aromatic rings. The molecule has 2 atom stereocenters. The second-order valence-corrected chi connectivity index (χ2v) is 6.13. The first-order valence-electron chi connectivity index (χ1n) is 8.15. The zero-order chi connectivity index (χ0) is 16.8. The fourth-order valence-electron chi connectivity index (χ4n) is 3.36. The van der Waals surface area contributed by atoms with E-state index in [1.165, 1.54) is 17.0 Å². The average molecular weight is 323 g/mol. The molecule has 1 heterocycles. The Kier molecular flexibility index (Phi) is 6.36. The smallest absolute Gasteiger partial charge is 0.407 e. The SMILES string of the molecule is CNCCCNC[C@@H]1CCN(C(=O)O)[C@H]1c1ccc(F)cc1C. The predicted octanol–water partition coefficient (Wildman–Crippen LogP) is 2.37. The number of benzene rings is 1. The Bertz CT molecular complexity index is 539. The summed E-state index contributed by atoms with van der Waals surface area (Å²) < 4.78 is 13.4. The highest BCUT2D eigenvalue weighted by Gasteiger charge is 2.38. The first-order chi connectivity index (χ1) is 11.0. The number of hydrogen-bond acceptors (Lipinski definition) is 3. The van der Waals surface area contributed by atoms with Gasteiger partial charge in [0.1, 0.15) is 5.82 Å². The Morgan fingerprint density at radius 2 is 2.22 bits per heavy atom. The lowest BCUT2D eigenvalue weighted by molar-refractivity contribution is 0.134. The Balaban J connectivity index is 2.10. The molecular formula is C17H26FN3O2. The molecule has 0 aromatic heterocycles. The number of rotatable bonds is 7. The summed E-state index contributed by atoms with van der Waals surface area (Å²) in [5.74, 6) is -0.0716. The number of nitrogens with zero attached hydrogens (tertiary/aromatic N) is 1. The zero-order valence-corrected chi connectivity index (χ0v) is 13.8. The highest BCUT2D eigenvalue weighted by Crippen LogP contribution is 2.38. The van der Waals surface area contributed by atoms with Crippen LogP contribution >= 0.6 is 0 Å². The first kappa shape index (κ1) is 17.7. The van der Waals surface area contributed by atoms with Gasteiger partial charge in [-0.1, -0.05) is 6.07 Å². The second kappa shape index (κ2) is 8.26. The minimum absolute atomic E-state index is 0.204. The molecule has 1 fully saturated rings. The lowest BCUT2D eigenvalue weighted by atomic mass is 9.90. The van der Waals surface area contributed by atoms with Gasteiger partial charge in [-0.15, -0.1) is 0 Å². The number of amides is 1. The van der Waals surface area contributed by atoms with E-state index >= 15 is 0 Å². The molecule has 1 aliphatic heterocycles. The van der Waals surface area contributed by atoms with Crippen LogP contribution in [-0.2, 0) is 0 Å². The van der Waals surface area contributed by atoms with Crippen molar-refractivity contribution < 1.29 is 14.3 Å². The summed E-state index contributed by atoms with van der Waals surface area (Å²) in [6.45, 7) is 5.00. The van der Waals surface area contributed by atoms with Crippen LogP contribution in [0, 0.1) is 18.7 Å². The molecule has 6 heteroatoms. The minimum Gasteiger partial charge on any atom is -0.465 e. The van der Waals surface area contributed by atoms with E-state index in [1.807, 2.05) is 14.0 Å². The fourth-order valence-corrected chi connectivity index (χ4v) is 3.36. The molecule has 0 bridgehead atoms. The van der Waals surface area contributed by atoms with Crippen molar-refractivity contribution in [1.29, 1.82) is 0 Å². The third-order valence-electron chi connectivity index (χ3n) is 4.51. The van der Waals surface area contributed by atoms with Gasteiger partial charge in [0, 0.05) is 13.1 Å². The number of nitrogens with one attached hydrogen (secondary N) is 2. The lowest BCUT2D eigenvalue weighted by Gasteiger charge is -2.28. The van der Waals surface area contributed by atoms with Crippen molar-refractivity contribution in [1.82, 2.24) is 15.5 Å². The van der Waals surface area contributed by atoms with E-state index in [2.05, 4.69) is 10.6 Å². The van der Waals surface area contributed by atoms with Crippen molar-refractivity contribution in [3.63, 3.8) is 0 Å². The van der Waals surface area contributed by atoms with Crippen LogP contribution in [-0.4, -0.2) is 49.3 Å². The van der Waals surface area contributed by atoms with Gasteiger partial charge in [0.15, 0.2) is 0 Å². The van der Waals surface area contributed by atoms with Crippen LogP contribution in [0.1, 0.15) is 30.0 Å². The van der Waals surface area contributed by atoms with Gasteiger partial charge in [0.25, 0.3) is 0 Å². The van der Waals surface area contributed by atoms with Gasteiger partial charge in [0.05, 0.1) is 6.04 Å². The summed E-state index contributed by atoms with van der Waals surface area (Å²) in [6, 6.07) is 4.42. The summed E-state index contributed by atoms with van der Waals surface area (Å²) in [5.41, 5.74) is 1.72. The molecule has 0 spiro atoms. The number of carboxylic acid groups (broad SMARTS) is 1. The molecular weight excluding hydrogens is 297 g/mol. The molecule has 1 amide bonds. The largest absolute Gasteiger partial charge is 0.465 e. The van der Waals surface area contributed by atoms with E-state index in [1.54, 1.807) is 6.07 Å². The molecule has 3 N–H and O–H groups in total. The van der Waals surface area contributed by atoms with E-state index in [0.717, 1.165) is 43.6 Å². The van der Waals surface area contributed by atoms with Gasteiger partial charge < -0.3 is 20.6 Å². The van der Waals surface area contributed by atoms with Crippen LogP contribution in [0.15, 0.2) is 18.2 Å². The van der Waals surface area contributed by atoms with Crippen molar-refractivity contribution in [2.75, 3.05) is 33.2 Å². The van der Waals surface area contributed by atoms with Gasteiger partial charge in [-0.05, 0) is 69.1 Å². The fraction of sp³-hybridized carbons (Fsp3) is 0.588. The van der Waals surface area contributed by atoms with Crippen LogP contribution in [0.5, 0.6) is 0 Å². The maximum atomic E-state index is 13.4. The molecule has 0 aliphatic carbocycles. The molecule has 0 saturated carbocycles. The van der Waals surface area contributed by atoms with Crippen molar-refractivity contribution >= 4 is 6.09 Å². The van der Waals surface area contributed by atoms with Crippen LogP contribution in [0.3, 0.4) is 0 Å². The lowest BCUT2D eigenvalue weighted by Crippen LogP contribution is -2.34. The van der Waals surface area contributed by atoms with Crippen LogP contribution in [0.25, 0.3) is 0 Å². The van der Waals surface area contributed by atoms with Gasteiger partial charge in [-0.3, -0.25) is 0 Å². The Labute approximate surface area is 136 Å². The van der Waals surface area contributed by atoms with Gasteiger partial charge in [-0.2, -0.15) is 0 Å². The van der Waals surface area contributed by atoms with Crippen molar-refractivity contribution in [3.8, 4) is 0 Å². The predicted molar refractivity (Wildman–Crippen MR) is 88.1 cm³/mol. The summed E-state index contributed by atoms with van der Waals surface area (Å²) in [7, 11) is 1.93. The monoisotopic (exact) mass is 323 g/mol. The van der Waals surface area contributed by atoms with Crippen LogP contribution < -0.4 is 10.6 Å². The summed E-state index contributed by atoms with van der Waals surface area (Å²) in [4.78, 5) is 13.0. The summed E-state index contributed by atoms with van der Waals surface area (Å²) in [5, 5.41) is 16.0. The topological polar surface area (TPSA) is 64.6 Å². The second-order valence-electron chi connectivity index (χ2n) is 6.13. The van der Waals surface area contributed by atoms with E-state index in [0.29, 0.717) is 6.54 Å². The number of halogens is 1. The van der Waals surface area contributed by atoms with Crippen LogP contribution in [0.2, 0.25) is 0 Å². The molecule has 1 aromatic carbocycles. The summed E-state index contributed by atoms with van der Waals surface area (Å²) >= 11 is 0. The number of carbonyl (C=O) groups is 1. The van der Waals surface area contributed by atoms with Crippen molar-refractivity contribution in [3.05, 3.63) is 35.1 Å². The van der Waals surface area contributed by atoms with E-state index in [9.17, 15) is 14.3 Å². The van der Waals surface area contributed by atoms with Gasteiger partial charge >= 0.3 is 6.09 Å². The third kappa shape index (κ3) is 4.42. The molecule has 1 aliphatic rings. The van der Waals surface area contributed by atoms with E-state index in [4.69, 9.17) is 0 Å². The van der Waals surface area contributed by atoms with Crippen LogP contribution in [0.4, 0.5) is 9.18 Å². The Morgan fingerprint density at radius 1 is 1.43 bits per heavy atom. The number of aryl methyl sites for hydroxylation is 1. The molecule has 0 radical (unpaired) electrons. The van der Waals surface area contributed by atoms with Gasteiger partial charge in [-0.25, -0.2) is 9.18 Å². The number of likely N-dealkylation sites (tertiary alicyclic amines) is 1. The highest BCUT2D eigenvalue weighted by atomic mass is 19.1. The standard InChI is InChI=1S/C17H26FN3O2/c1-12-10-14(18)4-5-15(12)16-13(6-9-21(16)17(22)23)11-20-8-3-7-19-2/h4-5,10,13,16,19-20H,3,6-9,11H2,1-2H3,(H,22,23)/t13-,16+/m0/s1. The molecule has 5 nitrogen and oxygen atoms in total. The Morgan fingerprint density at radius 3 is 2.87 bits per heavy atom. The molecule has 2 rings (SSSR count). The first-order valence-corrected chi connectivity index (χ1v) is 8.15. The normalized spacial score (nSPS) is 20.9. The Hall–Kier alpha value is -1.66. The highest BCUT2D eigenvalue weighted by molar-refractivity contribution is 5.66. The maximum Gasteiger partial charge on any atom is 0.407 e.